The summed E-state index contributed by atoms with van der Waals surface area (Å²) in [5, 5.41) is 13.3. The number of urea groups is 1. The number of hydrogen-bond acceptors (Lipinski definition) is 5. The molecule has 1 aromatic carbocycles. The fourth-order valence-electron chi connectivity index (χ4n) is 4.73. The van der Waals surface area contributed by atoms with Gasteiger partial charge in [0.05, 0.1) is 4.92 Å². The van der Waals surface area contributed by atoms with Crippen LogP contribution in [0.1, 0.15) is 75.8 Å². The van der Waals surface area contributed by atoms with Gasteiger partial charge in [0.2, 0.25) is 5.91 Å². The smallest absolute Gasteiger partial charge is 0.423 e. The molecule has 2 atom stereocenters. The molecule has 2 rings (SSSR count). The first-order valence-corrected chi connectivity index (χ1v) is 14.2. The standard InChI is InChI=1S/C25H33F6N3O5S/c1-23(2,9-3-4-12-40(39)13-5-10-24(26,27)28)15-18(8-11-33-16-21(35)32-22(33)36)17-6-7-20(34(37)38)19(14-17)25(29,30)31/h6-7,14,18H,3-5,8-13,15-16H2,1-2H3,(H,32,35,36). The van der Waals surface area contributed by atoms with Gasteiger partial charge in [-0.05, 0) is 55.1 Å². The summed E-state index contributed by atoms with van der Waals surface area (Å²) in [6.07, 6.45) is -8.24. The third-order valence-electron chi connectivity index (χ3n) is 6.72. The van der Waals surface area contributed by atoms with E-state index in [1.807, 2.05) is 13.8 Å². The van der Waals surface area contributed by atoms with Crippen molar-refractivity contribution >= 4 is 28.8 Å². The van der Waals surface area contributed by atoms with Crippen LogP contribution < -0.4 is 5.32 Å². The van der Waals surface area contributed by atoms with Crippen LogP contribution in [0.3, 0.4) is 0 Å². The van der Waals surface area contributed by atoms with E-state index in [0.29, 0.717) is 25.7 Å². The first-order valence-electron chi connectivity index (χ1n) is 12.7. The fraction of sp³-hybridized carbons (Fsp3) is 0.680. The molecule has 1 fully saturated rings. The van der Waals surface area contributed by atoms with Crippen LogP contribution in [-0.2, 0) is 22.1 Å². The topological polar surface area (TPSA) is 116 Å². The number of amides is 3. The molecule has 15 heteroatoms. The van der Waals surface area contributed by atoms with Gasteiger partial charge in [-0.2, -0.15) is 26.3 Å². The van der Waals surface area contributed by atoms with E-state index < -0.39 is 69.4 Å². The second kappa shape index (κ2) is 13.9. The highest BCUT2D eigenvalue weighted by atomic mass is 32.2. The average Bonchev–Trinajstić information content (AvgIpc) is 3.14. The van der Waals surface area contributed by atoms with E-state index in [4.69, 9.17) is 0 Å². The van der Waals surface area contributed by atoms with E-state index in [1.54, 1.807) is 0 Å². The van der Waals surface area contributed by atoms with Crippen LogP contribution in [0.15, 0.2) is 18.2 Å². The Bertz CT molecular complexity index is 1050. The zero-order valence-corrected chi connectivity index (χ0v) is 23.0. The lowest BCUT2D eigenvalue weighted by molar-refractivity contribution is -0.388. The molecule has 1 aliphatic rings. The summed E-state index contributed by atoms with van der Waals surface area (Å²) in [4.78, 5) is 34.8. The van der Waals surface area contributed by atoms with Crippen LogP contribution in [0.25, 0.3) is 0 Å². The van der Waals surface area contributed by atoms with Gasteiger partial charge in [-0.3, -0.25) is 20.2 Å². The number of nitro groups is 1. The van der Waals surface area contributed by atoms with Gasteiger partial charge in [0, 0.05) is 25.5 Å². The van der Waals surface area contributed by atoms with E-state index in [2.05, 4.69) is 5.32 Å². The predicted octanol–water partition coefficient (Wildman–Crippen LogP) is 6.32. The number of nitro benzene ring substituents is 1. The summed E-state index contributed by atoms with van der Waals surface area (Å²) in [6, 6.07) is 2.25. The fourth-order valence-corrected chi connectivity index (χ4v) is 5.92. The van der Waals surface area contributed by atoms with E-state index >= 15 is 0 Å². The Morgan fingerprint density at radius 3 is 2.25 bits per heavy atom. The van der Waals surface area contributed by atoms with Crippen LogP contribution >= 0.6 is 0 Å². The normalized spacial score (nSPS) is 16.3. The molecular formula is C25H33F6N3O5S. The number of nitrogens with zero attached hydrogens (tertiary/aromatic N) is 2. The molecule has 1 N–H and O–H groups in total. The second-order valence-electron chi connectivity index (χ2n) is 10.7. The van der Waals surface area contributed by atoms with Crippen molar-refractivity contribution in [3.8, 4) is 0 Å². The van der Waals surface area contributed by atoms with Crippen LogP contribution in [0.4, 0.5) is 36.8 Å². The zero-order chi connectivity index (χ0) is 30.3. The van der Waals surface area contributed by atoms with Gasteiger partial charge in [-0.1, -0.05) is 31.1 Å². The molecule has 8 nitrogen and oxygen atoms in total. The van der Waals surface area contributed by atoms with Gasteiger partial charge in [-0.25, -0.2) is 4.79 Å². The quantitative estimate of drug-likeness (QED) is 0.0631. The molecule has 226 valence electrons. The first kappa shape index (κ1) is 33.7. The van der Waals surface area contributed by atoms with Crippen molar-refractivity contribution < 1.29 is 45.4 Å². The van der Waals surface area contributed by atoms with Crippen LogP contribution in [0, 0.1) is 15.5 Å². The molecule has 0 bridgehead atoms. The molecule has 0 spiro atoms. The van der Waals surface area contributed by atoms with Crippen molar-refractivity contribution in [1.29, 1.82) is 0 Å². The van der Waals surface area contributed by atoms with Gasteiger partial charge in [-0.15, -0.1) is 0 Å². The lowest BCUT2D eigenvalue weighted by Gasteiger charge is -2.31. The minimum absolute atomic E-state index is 0.0424. The minimum Gasteiger partial charge on any atom is -0.616 e. The molecule has 1 heterocycles. The number of unbranched alkanes of at least 4 members (excludes halogenated alkanes) is 1. The summed E-state index contributed by atoms with van der Waals surface area (Å²) in [5.74, 6) is -0.837. The van der Waals surface area contributed by atoms with Crippen LogP contribution in [0.5, 0.6) is 0 Å². The third-order valence-corrected chi connectivity index (χ3v) is 8.20. The number of alkyl halides is 6. The highest BCUT2D eigenvalue weighted by Crippen LogP contribution is 2.42. The Hall–Kier alpha value is -2.55. The van der Waals surface area contributed by atoms with Crippen molar-refractivity contribution in [2.45, 2.75) is 77.1 Å². The van der Waals surface area contributed by atoms with E-state index in [1.165, 1.54) is 11.0 Å². The molecule has 2 unspecified atom stereocenters. The SMILES string of the molecule is CC(C)(CCCC[S+]([O-])CCCC(F)(F)F)CC(CCN1CC(=O)NC1=O)c1ccc([N+](=O)[O-])c(C(F)(F)F)c1. The minimum atomic E-state index is -4.96. The summed E-state index contributed by atoms with van der Waals surface area (Å²) in [7, 11) is 0. The van der Waals surface area contributed by atoms with E-state index in [9.17, 15) is 50.6 Å². The highest BCUT2D eigenvalue weighted by molar-refractivity contribution is 7.91. The monoisotopic (exact) mass is 601 g/mol. The van der Waals surface area contributed by atoms with Gasteiger partial charge in [0.1, 0.15) is 23.6 Å². The number of benzene rings is 1. The van der Waals surface area contributed by atoms with Crippen molar-refractivity contribution in [2.75, 3.05) is 24.6 Å². The number of rotatable bonds is 15. The maximum absolute atomic E-state index is 13.6. The van der Waals surface area contributed by atoms with Crippen molar-refractivity contribution in [3.05, 3.63) is 39.4 Å². The maximum atomic E-state index is 13.6. The highest BCUT2D eigenvalue weighted by Gasteiger charge is 2.39. The lowest BCUT2D eigenvalue weighted by Crippen LogP contribution is -2.30. The van der Waals surface area contributed by atoms with E-state index in [-0.39, 0.29) is 43.0 Å². The van der Waals surface area contributed by atoms with Crippen LogP contribution in [0.2, 0.25) is 0 Å². The number of carbonyl (C=O) groups is 2. The molecule has 1 aliphatic heterocycles. The van der Waals surface area contributed by atoms with Crippen molar-refractivity contribution in [1.82, 2.24) is 10.2 Å². The number of halogens is 6. The summed E-state index contributed by atoms with van der Waals surface area (Å²) in [6.45, 7) is 3.68. The summed E-state index contributed by atoms with van der Waals surface area (Å²) >= 11 is -1.38. The lowest BCUT2D eigenvalue weighted by atomic mass is 9.75. The van der Waals surface area contributed by atoms with E-state index in [0.717, 1.165) is 12.1 Å². The second-order valence-corrected chi connectivity index (χ2v) is 12.4. The maximum Gasteiger partial charge on any atom is 0.423 e. The molecule has 3 amide bonds. The Balaban J connectivity index is 2.10. The number of carbonyl (C=O) groups excluding carboxylic acids is 2. The Morgan fingerprint density at radius 2 is 1.70 bits per heavy atom. The summed E-state index contributed by atoms with van der Waals surface area (Å²) in [5.41, 5.74) is -2.68. The van der Waals surface area contributed by atoms with Gasteiger partial charge in [0.15, 0.2) is 0 Å². The van der Waals surface area contributed by atoms with Gasteiger partial charge < -0.3 is 9.45 Å². The molecule has 0 aromatic heterocycles. The molecular weight excluding hydrogens is 568 g/mol. The predicted molar refractivity (Wildman–Crippen MR) is 136 cm³/mol. The largest absolute Gasteiger partial charge is 0.616 e. The molecule has 0 saturated carbocycles. The molecule has 40 heavy (non-hydrogen) atoms. The van der Waals surface area contributed by atoms with Gasteiger partial charge in [0.25, 0.3) is 5.69 Å². The molecule has 1 aromatic rings. The zero-order valence-electron chi connectivity index (χ0n) is 22.2. The molecule has 1 saturated heterocycles. The Kier molecular flexibility index (Phi) is 11.7. The van der Waals surface area contributed by atoms with Crippen molar-refractivity contribution in [3.63, 3.8) is 0 Å². The molecule has 0 aliphatic carbocycles. The first-order chi connectivity index (χ1) is 18.4. The number of imide groups is 1. The molecule has 0 radical (unpaired) electrons. The number of nitrogens with one attached hydrogen (secondary N) is 1. The Labute approximate surface area is 231 Å². The van der Waals surface area contributed by atoms with Crippen LogP contribution in [-0.4, -0.2) is 57.1 Å². The average molecular weight is 602 g/mol. The van der Waals surface area contributed by atoms with Gasteiger partial charge >= 0.3 is 18.4 Å². The summed E-state index contributed by atoms with van der Waals surface area (Å²) < 4.78 is 89.7. The Morgan fingerprint density at radius 1 is 1.05 bits per heavy atom. The van der Waals surface area contributed by atoms with Crippen molar-refractivity contribution in [2.24, 2.45) is 5.41 Å². The third kappa shape index (κ3) is 11.1. The number of hydrogen-bond donors (Lipinski definition) is 1.